The smallest absolute Gasteiger partial charge is 0.152 e. The van der Waals surface area contributed by atoms with Crippen LogP contribution in [0.25, 0.3) is 0 Å². The van der Waals surface area contributed by atoms with Crippen LogP contribution in [0.4, 0.5) is 0 Å². The fraction of sp³-hybridized carbons (Fsp3) is 0.500. The topological polar surface area (TPSA) is 43.4 Å². The van der Waals surface area contributed by atoms with Gasteiger partial charge in [-0.3, -0.25) is 0 Å². The van der Waals surface area contributed by atoms with Gasteiger partial charge in [-0.2, -0.15) is 0 Å². The van der Waals surface area contributed by atoms with Gasteiger partial charge >= 0.3 is 0 Å². The Kier molecular flexibility index (Phi) is 5.49. The summed E-state index contributed by atoms with van der Waals surface area (Å²) in [6, 6.07) is 9.92. The van der Waals surface area contributed by atoms with Crippen molar-refractivity contribution >= 4 is 9.84 Å². The highest BCUT2D eigenvalue weighted by Gasteiger charge is 2.09. The molecule has 0 heterocycles. The molecule has 1 aromatic carbocycles. The Morgan fingerprint density at radius 2 is 1.81 bits per heavy atom. The van der Waals surface area contributed by atoms with Crippen LogP contribution in [0.1, 0.15) is 12.0 Å². The zero-order valence-corrected chi connectivity index (χ0v) is 10.4. The average molecular weight is 242 g/mol. The summed E-state index contributed by atoms with van der Waals surface area (Å²) in [7, 11) is -1.43. The van der Waals surface area contributed by atoms with Crippen molar-refractivity contribution in [1.82, 2.24) is 0 Å². The molecule has 90 valence electrons. The lowest BCUT2D eigenvalue weighted by Gasteiger charge is -2.03. The fourth-order valence-electron chi connectivity index (χ4n) is 1.45. The van der Waals surface area contributed by atoms with E-state index < -0.39 is 9.84 Å². The summed E-state index contributed by atoms with van der Waals surface area (Å²) in [5.41, 5.74) is 1.18. The summed E-state index contributed by atoms with van der Waals surface area (Å²) >= 11 is 0. The van der Waals surface area contributed by atoms with Crippen LogP contribution < -0.4 is 0 Å². The van der Waals surface area contributed by atoms with E-state index in [0.717, 1.165) is 6.42 Å². The summed E-state index contributed by atoms with van der Waals surface area (Å²) in [5, 5.41) is 0. The maximum atomic E-state index is 11.5. The van der Waals surface area contributed by atoms with E-state index in [1.54, 1.807) is 0 Å². The van der Waals surface area contributed by atoms with Gasteiger partial charge in [-0.25, -0.2) is 8.42 Å². The van der Waals surface area contributed by atoms with Crippen LogP contribution >= 0.6 is 0 Å². The molecule has 0 saturated heterocycles. The van der Waals surface area contributed by atoms with Gasteiger partial charge < -0.3 is 4.74 Å². The Morgan fingerprint density at radius 3 is 2.44 bits per heavy atom. The molecule has 0 saturated carbocycles. The van der Waals surface area contributed by atoms with Crippen molar-refractivity contribution in [1.29, 1.82) is 0 Å². The van der Waals surface area contributed by atoms with E-state index in [-0.39, 0.29) is 18.1 Å². The molecule has 4 heteroatoms. The van der Waals surface area contributed by atoms with E-state index in [0.29, 0.717) is 6.42 Å². The number of aryl methyl sites for hydroxylation is 1. The van der Waals surface area contributed by atoms with E-state index in [2.05, 4.69) is 0 Å². The molecule has 0 aliphatic heterocycles. The van der Waals surface area contributed by atoms with Crippen molar-refractivity contribution in [3.05, 3.63) is 35.9 Å². The average Bonchev–Trinajstić information content (AvgIpc) is 2.28. The van der Waals surface area contributed by atoms with Gasteiger partial charge in [0.05, 0.1) is 18.1 Å². The van der Waals surface area contributed by atoms with E-state index in [1.807, 2.05) is 30.3 Å². The van der Waals surface area contributed by atoms with Gasteiger partial charge in [-0.05, 0) is 18.4 Å². The van der Waals surface area contributed by atoms with Crippen molar-refractivity contribution < 1.29 is 13.2 Å². The molecule has 0 unspecified atom stereocenters. The van der Waals surface area contributed by atoms with Crippen LogP contribution in [0.5, 0.6) is 0 Å². The molecule has 0 aliphatic rings. The SMILES string of the molecule is COCCS(=O)(=O)CCCc1ccccc1. The zero-order chi connectivity index (χ0) is 11.9. The van der Waals surface area contributed by atoms with E-state index >= 15 is 0 Å². The Bertz CT molecular complexity index is 384. The van der Waals surface area contributed by atoms with Crippen LogP contribution in [0.15, 0.2) is 30.3 Å². The maximum Gasteiger partial charge on any atom is 0.152 e. The van der Waals surface area contributed by atoms with Crippen LogP contribution in [0, 0.1) is 0 Å². The second-order valence-electron chi connectivity index (χ2n) is 3.73. The Hall–Kier alpha value is -0.870. The van der Waals surface area contributed by atoms with Crippen molar-refractivity contribution in [2.45, 2.75) is 12.8 Å². The number of ether oxygens (including phenoxy) is 1. The number of benzene rings is 1. The highest BCUT2D eigenvalue weighted by molar-refractivity contribution is 7.91. The second kappa shape index (κ2) is 6.66. The Morgan fingerprint density at radius 1 is 1.12 bits per heavy atom. The molecule has 1 rings (SSSR count). The molecular formula is C12H18O3S. The Balaban J connectivity index is 2.30. The quantitative estimate of drug-likeness (QED) is 0.730. The summed E-state index contributed by atoms with van der Waals surface area (Å²) < 4.78 is 27.8. The number of hydrogen-bond acceptors (Lipinski definition) is 3. The molecular weight excluding hydrogens is 224 g/mol. The third kappa shape index (κ3) is 5.28. The van der Waals surface area contributed by atoms with Gasteiger partial charge in [0.2, 0.25) is 0 Å². The molecule has 0 atom stereocenters. The van der Waals surface area contributed by atoms with E-state index in [9.17, 15) is 8.42 Å². The van der Waals surface area contributed by atoms with E-state index in [1.165, 1.54) is 12.7 Å². The predicted molar refractivity (Wildman–Crippen MR) is 65.3 cm³/mol. The van der Waals surface area contributed by atoms with Gasteiger partial charge in [0.15, 0.2) is 9.84 Å². The number of sulfone groups is 1. The predicted octanol–water partition coefficient (Wildman–Crippen LogP) is 1.68. The highest BCUT2D eigenvalue weighted by Crippen LogP contribution is 2.04. The molecule has 0 aliphatic carbocycles. The molecule has 0 radical (unpaired) electrons. The lowest BCUT2D eigenvalue weighted by atomic mass is 10.1. The summed E-state index contributed by atoms with van der Waals surface area (Å²) in [4.78, 5) is 0. The van der Waals surface area contributed by atoms with Gasteiger partial charge in [0.1, 0.15) is 0 Å². The van der Waals surface area contributed by atoms with Gasteiger partial charge in [0, 0.05) is 7.11 Å². The normalized spacial score (nSPS) is 11.6. The highest BCUT2D eigenvalue weighted by atomic mass is 32.2. The van der Waals surface area contributed by atoms with Crippen molar-refractivity contribution in [3.8, 4) is 0 Å². The van der Waals surface area contributed by atoms with Gasteiger partial charge in [-0.1, -0.05) is 30.3 Å². The fourth-order valence-corrected chi connectivity index (χ4v) is 2.66. The summed E-state index contributed by atoms with van der Waals surface area (Å²) in [6.45, 7) is 0.285. The lowest BCUT2D eigenvalue weighted by molar-refractivity contribution is 0.217. The molecule has 0 bridgehead atoms. The number of rotatable bonds is 7. The monoisotopic (exact) mass is 242 g/mol. The van der Waals surface area contributed by atoms with Crippen molar-refractivity contribution in [2.75, 3.05) is 25.2 Å². The molecule has 1 aromatic rings. The maximum absolute atomic E-state index is 11.5. The van der Waals surface area contributed by atoms with Crippen LogP contribution in [0.2, 0.25) is 0 Å². The number of hydrogen-bond donors (Lipinski definition) is 0. The molecule has 0 spiro atoms. The minimum Gasteiger partial charge on any atom is -0.384 e. The lowest BCUT2D eigenvalue weighted by Crippen LogP contribution is -2.15. The third-order valence-electron chi connectivity index (χ3n) is 2.36. The van der Waals surface area contributed by atoms with E-state index in [4.69, 9.17) is 4.74 Å². The minimum atomic E-state index is -2.94. The first kappa shape index (κ1) is 13.2. The molecule has 3 nitrogen and oxygen atoms in total. The standard InChI is InChI=1S/C12H18O3S/c1-15-9-11-16(13,14)10-5-8-12-6-3-2-4-7-12/h2-4,6-7H,5,8-11H2,1H3. The summed E-state index contributed by atoms with van der Waals surface area (Å²) in [6.07, 6.45) is 1.49. The van der Waals surface area contributed by atoms with Gasteiger partial charge in [0.25, 0.3) is 0 Å². The largest absolute Gasteiger partial charge is 0.384 e. The second-order valence-corrected chi connectivity index (χ2v) is 6.04. The first-order valence-corrected chi connectivity index (χ1v) is 7.19. The minimum absolute atomic E-state index is 0.123. The molecule has 16 heavy (non-hydrogen) atoms. The van der Waals surface area contributed by atoms with Crippen LogP contribution in [-0.2, 0) is 21.0 Å². The van der Waals surface area contributed by atoms with Crippen LogP contribution in [-0.4, -0.2) is 33.6 Å². The first-order chi connectivity index (χ1) is 7.64. The molecule has 0 amide bonds. The van der Waals surface area contributed by atoms with Crippen molar-refractivity contribution in [3.63, 3.8) is 0 Å². The zero-order valence-electron chi connectivity index (χ0n) is 9.56. The number of methoxy groups -OCH3 is 1. The first-order valence-electron chi connectivity index (χ1n) is 5.37. The van der Waals surface area contributed by atoms with Gasteiger partial charge in [-0.15, -0.1) is 0 Å². The molecule has 0 aromatic heterocycles. The Labute approximate surface area is 97.4 Å². The third-order valence-corrected chi connectivity index (χ3v) is 4.06. The van der Waals surface area contributed by atoms with Crippen molar-refractivity contribution in [2.24, 2.45) is 0 Å². The molecule has 0 N–H and O–H groups in total. The summed E-state index contributed by atoms with van der Waals surface area (Å²) in [5.74, 6) is 0.365. The molecule has 0 fully saturated rings. The van der Waals surface area contributed by atoms with Crippen LogP contribution in [0.3, 0.4) is 0 Å².